The molecule has 3 nitrogen and oxygen atoms in total. The molecule has 0 atom stereocenters. The summed E-state index contributed by atoms with van der Waals surface area (Å²) in [5.74, 6) is 0.624. The Morgan fingerprint density at radius 1 is 1.32 bits per heavy atom. The average molecular weight is 265 g/mol. The van der Waals surface area contributed by atoms with E-state index >= 15 is 0 Å². The van der Waals surface area contributed by atoms with Crippen LogP contribution in [0.1, 0.15) is 52.8 Å². The predicted molar refractivity (Wildman–Crippen MR) is 79.0 cm³/mol. The van der Waals surface area contributed by atoms with Crippen LogP contribution in [-0.4, -0.2) is 16.6 Å². The summed E-state index contributed by atoms with van der Waals surface area (Å²) >= 11 is 0. The zero-order chi connectivity index (χ0) is 15.1. The Balaban J connectivity index is 0.000000711. The first-order valence-corrected chi connectivity index (χ1v) is 6.74. The maximum Gasteiger partial charge on any atom is 0.310 e. The molecular formula is C16H27NO2. The molecule has 0 aliphatic heterocycles. The van der Waals surface area contributed by atoms with Crippen LogP contribution in [0.3, 0.4) is 0 Å². The lowest BCUT2D eigenvalue weighted by Gasteiger charge is -2.19. The third-order valence-electron chi connectivity index (χ3n) is 1.87. The quantitative estimate of drug-likeness (QED) is 0.760. The summed E-state index contributed by atoms with van der Waals surface area (Å²) in [4.78, 5) is 15.7. The summed E-state index contributed by atoms with van der Waals surface area (Å²) in [7, 11) is 0. The van der Waals surface area contributed by atoms with E-state index in [2.05, 4.69) is 25.8 Å². The van der Waals surface area contributed by atoms with Gasteiger partial charge in [0.25, 0.3) is 0 Å². The summed E-state index contributed by atoms with van der Waals surface area (Å²) in [6.07, 6.45) is 2.00. The number of ether oxygens (including phenoxy) is 1. The van der Waals surface area contributed by atoms with Crippen LogP contribution in [0.25, 0.3) is 0 Å². The maximum atomic E-state index is 11.5. The van der Waals surface area contributed by atoms with Crippen molar-refractivity contribution in [3.8, 4) is 0 Å². The van der Waals surface area contributed by atoms with Crippen molar-refractivity contribution in [3.05, 3.63) is 29.6 Å². The van der Waals surface area contributed by atoms with Gasteiger partial charge in [0.2, 0.25) is 0 Å². The molecule has 0 saturated heterocycles. The molecule has 0 bridgehead atoms. The minimum Gasteiger partial charge on any atom is -0.460 e. The first-order valence-electron chi connectivity index (χ1n) is 6.74. The first-order chi connectivity index (χ1) is 8.61. The van der Waals surface area contributed by atoms with Crippen LogP contribution < -0.4 is 0 Å². The van der Waals surface area contributed by atoms with E-state index in [4.69, 9.17) is 4.74 Å². The van der Waals surface area contributed by atoms with Crippen molar-refractivity contribution in [2.75, 3.05) is 0 Å². The topological polar surface area (TPSA) is 39.2 Å². The summed E-state index contributed by atoms with van der Waals surface area (Å²) in [6, 6.07) is 3.72. The number of esters is 1. The van der Waals surface area contributed by atoms with E-state index in [1.165, 1.54) is 0 Å². The van der Waals surface area contributed by atoms with Gasteiger partial charge in [0.1, 0.15) is 5.60 Å². The lowest BCUT2D eigenvalue weighted by Crippen LogP contribution is -2.25. The van der Waals surface area contributed by atoms with Crippen LogP contribution in [0.2, 0.25) is 0 Å². The van der Waals surface area contributed by atoms with E-state index in [1.807, 2.05) is 39.8 Å². The molecule has 0 spiro atoms. The van der Waals surface area contributed by atoms with Gasteiger partial charge < -0.3 is 4.74 Å². The molecule has 19 heavy (non-hydrogen) atoms. The van der Waals surface area contributed by atoms with Gasteiger partial charge in [-0.15, -0.1) is 0 Å². The smallest absolute Gasteiger partial charge is 0.310 e. The van der Waals surface area contributed by atoms with Crippen LogP contribution in [0.15, 0.2) is 18.3 Å². The molecule has 1 aromatic heterocycles. The van der Waals surface area contributed by atoms with Crippen molar-refractivity contribution in [2.45, 2.75) is 60.5 Å². The van der Waals surface area contributed by atoms with Crippen molar-refractivity contribution in [2.24, 2.45) is 5.92 Å². The number of aryl methyl sites for hydroxylation is 1. The third kappa shape index (κ3) is 10.2. The predicted octanol–water partition coefficient (Wildman–Crippen LogP) is 3.94. The molecule has 0 amide bonds. The second kappa shape index (κ2) is 7.93. The molecule has 0 saturated carbocycles. The highest BCUT2D eigenvalue weighted by Gasteiger charge is 2.17. The molecule has 1 heterocycles. The molecular weight excluding hydrogens is 238 g/mol. The van der Waals surface area contributed by atoms with Crippen molar-refractivity contribution in [1.29, 1.82) is 0 Å². The third-order valence-corrected chi connectivity index (χ3v) is 1.87. The van der Waals surface area contributed by atoms with Crippen LogP contribution in [0.4, 0.5) is 0 Å². The van der Waals surface area contributed by atoms with E-state index in [1.54, 1.807) is 6.20 Å². The number of rotatable bonds is 2. The monoisotopic (exact) mass is 265 g/mol. The van der Waals surface area contributed by atoms with Gasteiger partial charge in [0.05, 0.1) is 6.42 Å². The van der Waals surface area contributed by atoms with E-state index in [0.717, 1.165) is 17.2 Å². The fraction of sp³-hybridized carbons (Fsp3) is 0.625. The summed E-state index contributed by atoms with van der Waals surface area (Å²) in [6.45, 7) is 14.0. The summed E-state index contributed by atoms with van der Waals surface area (Å²) < 4.78 is 5.23. The molecule has 0 N–H and O–H groups in total. The SMILES string of the molecule is CC(C)C.Cc1ncccc1CC(=O)OC(C)(C)C. The van der Waals surface area contributed by atoms with Gasteiger partial charge in [0.15, 0.2) is 0 Å². The number of carbonyl (C=O) groups is 1. The molecule has 0 radical (unpaired) electrons. The fourth-order valence-corrected chi connectivity index (χ4v) is 1.24. The zero-order valence-corrected chi connectivity index (χ0v) is 13.3. The Morgan fingerprint density at radius 2 is 1.84 bits per heavy atom. The normalized spacial score (nSPS) is 10.7. The highest BCUT2D eigenvalue weighted by molar-refractivity contribution is 5.73. The van der Waals surface area contributed by atoms with Gasteiger partial charge in [-0.2, -0.15) is 0 Å². The largest absolute Gasteiger partial charge is 0.460 e. The van der Waals surface area contributed by atoms with Crippen LogP contribution in [0.5, 0.6) is 0 Å². The number of hydrogen-bond acceptors (Lipinski definition) is 3. The van der Waals surface area contributed by atoms with Crippen LogP contribution in [-0.2, 0) is 16.0 Å². The highest BCUT2D eigenvalue weighted by atomic mass is 16.6. The molecule has 0 unspecified atom stereocenters. The first kappa shape index (κ1) is 17.6. The van der Waals surface area contributed by atoms with Gasteiger partial charge in [-0.3, -0.25) is 9.78 Å². The Bertz CT molecular complexity index is 389. The van der Waals surface area contributed by atoms with E-state index < -0.39 is 5.60 Å². The van der Waals surface area contributed by atoms with Gasteiger partial charge in [-0.1, -0.05) is 26.8 Å². The summed E-state index contributed by atoms with van der Waals surface area (Å²) in [5.41, 5.74) is 1.38. The van der Waals surface area contributed by atoms with Crippen molar-refractivity contribution >= 4 is 5.97 Å². The average Bonchev–Trinajstić information content (AvgIpc) is 2.17. The van der Waals surface area contributed by atoms with Crippen molar-refractivity contribution in [1.82, 2.24) is 4.98 Å². The molecule has 1 rings (SSSR count). The number of hydrogen-bond donors (Lipinski definition) is 0. The van der Waals surface area contributed by atoms with E-state index in [0.29, 0.717) is 0 Å². The van der Waals surface area contributed by atoms with E-state index in [-0.39, 0.29) is 12.4 Å². The van der Waals surface area contributed by atoms with Crippen LogP contribution in [0, 0.1) is 12.8 Å². The van der Waals surface area contributed by atoms with E-state index in [9.17, 15) is 4.79 Å². The molecule has 1 aromatic rings. The molecule has 0 aliphatic carbocycles. The standard InChI is InChI=1S/C12H17NO2.C4H10/c1-9-10(6-5-7-13-9)8-11(14)15-12(2,3)4;1-4(2)3/h5-7H,8H2,1-4H3;4H,1-3H3. The molecule has 0 fully saturated rings. The Morgan fingerprint density at radius 3 is 2.26 bits per heavy atom. The number of carbonyl (C=O) groups excluding carboxylic acids is 1. The van der Waals surface area contributed by atoms with Gasteiger partial charge in [0, 0.05) is 11.9 Å². The Hall–Kier alpha value is -1.38. The summed E-state index contributed by atoms with van der Waals surface area (Å²) in [5, 5.41) is 0. The lowest BCUT2D eigenvalue weighted by molar-refractivity contribution is -0.153. The maximum absolute atomic E-state index is 11.5. The molecule has 3 heteroatoms. The van der Waals surface area contributed by atoms with Crippen molar-refractivity contribution < 1.29 is 9.53 Å². The van der Waals surface area contributed by atoms with Gasteiger partial charge in [-0.25, -0.2) is 0 Å². The number of aromatic nitrogens is 1. The Kier molecular flexibility index (Phi) is 7.35. The van der Waals surface area contributed by atoms with Gasteiger partial charge in [-0.05, 0) is 45.2 Å². The Labute approximate surface area is 117 Å². The minimum atomic E-state index is -0.423. The molecule has 0 aromatic carbocycles. The molecule has 108 valence electrons. The van der Waals surface area contributed by atoms with Crippen molar-refractivity contribution in [3.63, 3.8) is 0 Å². The fourth-order valence-electron chi connectivity index (χ4n) is 1.24. The lowest BCUT2D eigenvalue weighted by atomic mass is 10.1. The second-order valence-corrected chi connectivity index (χ2v) is 6.24. The van der Waals surface area contributed by atoms with Gasteiger partial charge >= 0.3 is 5.97 Å². The highest BCUT2D eigenvalue weighted by Crippen LogP contribution is 2.11. The number of pyridine rings is 1. The second-order valence-electron chi connectivity index (χ2n) is 6.24. The minimum absolute atomic E-state index is 0.210. The molecule has 0 aliphatic rings. The van der Waals surface area contributed by atoms with Crippen LogP contribution >= 0.6 is 0 Å². The zero-order valence-electron chi connectivity index (χ0n) is 13.3. The number of nitrogens with zero attached hydrogens (tertiary/aromatic N) is 1.